The molecule has 0 bridgehead atoms. The molecule has 21 heavy (non-hydrogen) atoms. The van der Waals surface area contributed by atoms with Gasteiger partial charge in [0, 0.05) is 16.8 Å². The molecule has 7 heteroatoms. The zero-order chi connectivity index (χ0) is 15.6. The molecule has 1 atom stereocenters. The molecule has 1 unspecified atom stereocenters. The molecule has 2 rings (SSSR count). The van der Waals surface area contributed by atoms with Crippen LogP contribution in [0.15, 0.2) is 29.3 Å². The Kier molecular flexibility index (Phi) is 4.65. The first-order chi connectivity index (χ1) is 9.83. The van der Waals surface area contributed by atoms with Gasteiger partial charge < -0.3 is 5.73 Å². The first kappa shape index (κ1) is 15.9. The fourth-order valence-corrected chi connectivity index (χ4v) is 4.08. The van der Waals surface area contributed by atoms with E-state index in [1.807, 2.05) is 13.8 Å². The average Bonchev–Trinajstić information content (AvgIpc) is 2.85. The van der Waals surface area contributed by atoms with Crippen LogP contribution in [-0.4, -0.2) is 13.4 Å². The molecule has 0 radical (unpaired) electrons. The van der Waals surface area contributed by atoms with Crippen LogP contribution in [0.4, 0.5) is 5.69 Å². The number of benzene rings is 1. The standard InChI is InChI=1S/C14H19N3O2S2/c1-4-11-5-6-12(7-13(11)15)21(18,19)17-10(3)14-16-8-9(2)20-14/h5-8,10,17H,4,15H2,1-3H3. The van der Waals surface area contributed by atoms with Crippen LogP contribution in [0.1, 0.15) is 35.3 Å². The van der Waals surface area contributed by atoms with Gasteiger partial charge in [0.1, 0.15) is 5.01 Å². The fourth-order valence-electron chi connectivity index (χ4n) is 1.99. The number of nitrogens with zero attached hydrogens (tertiary/aromatic N) is 1. The third kappa shape index (κ3) is 3.61. The zero-order valence-electron chi connectivity index (χ0n) is 12.3. The number of aromatic nitrogens is 1. The van der Waals surface area contributed by atoms with Gasteiger partial charge in [-0.25, -0.2) is 18.1 Å². The van der Waals surface area contributed by atoms with E-state index in [0.717, 1.165) is 21.9 Å². The third-order valence-corrected chi connectivity index (χ3v) is 5.78. The Hall–Kier alpha value is -1.44. The van der Waals surface area contributed by atoms with Gasteiger partial charge in [0.15, 0.2) is 0 Å². The summed E-state index contributed by atoms with van der Waals surface area (Å²) in [6, 6.07) is 4.46. The lowest BCUT2D eigenvalue weighted by Crippen LogP contribution is -2.27. The van der Waals surface area contributed by atoms with Crippen molar-refractivity contribution in [3.8, 4) is 0 Å². The molecule has 0 spiro atoms. The summed E-state index contributed by atoms with van der Waals surface area (Å²) in [7, 11) is -3.61. The van der Waals surface area contributed by atoms with Gasteiger partial charge in [-0.1, -0.05) is 13.0 Å². The first-order valence-electron chi connectivity index (χ1n) is 6.66. The summed E-state index contributed by atoms with van der Waals surface area (Å²) in [5, 5.41) is 0.745. The fraction of sp³-hybridized carbons (Fsp3) is 0.357. The smallest absolute Gasteiger partial charge is 0.241 e. The van der Waals surface area contributed by atoms with Crippen molar-refractivity contribution < 1.29 is 8.42 Å². The van der Waals surface area contributed by atoms with E-state index in [9.17, 15) is 8.42 Å². The van der Waals surface area contributed by atoms with Crippen molar-refractivity contribution in [3.05, 3.63) is 39.8 Å². The summed E-state index contributed by atoms with van der Waals surface area (Å²) in [5.41, 5.74) is 7.31. The number of sulfonamides is 1. The number of nitrogens with two attached hydrogens (primary N) is 1. The van der Waals surface area contributed by atoms with E-state index in [4.69, 9.17) is 5.73 Å². The number of nitrogen functional groups attached to an aromatic ring is 1. The van der Waals surface area contributed by atoms with Gasteiger partial charge in [-0.3, -0.25) is 0 Å². The van der Waals surface area contributed by atoms with Gasteiger partial charge >= 0.3 is 0 Å². The molecular weight excluding hydrogens is 306 g/mol. The van der Waals surface area contributed by atoms with Crippen LogP contribution in [-0.2, 0) is 16.4 Å². The highest BCUT2D eigenvalue weighted by atomic mass is 32.2. The van der Waals surface area contributed by atoms with E-state index >= 15 is 0 Å². The highest BCUT2D eigenvalue weighted by Gasteiger charge is 2.20. The number of nitrogens with one attached hydrogen (secondary N) is 1. The molecular formula is C14H19N3O2S2. The lowest BCUT2D eigenvalue weighted by Gasteiger charge is -2.13. The molecule has 0 aliphatic carbocycles. The summed E-state index contributed by atoms with van der Waals surface area (Å²) in [5.74, 6) is 0. The highest BCUT2D eigenvalue weighted by molar-refractivity contribution is 7.89. The Morgan fingerprint density at radius 3 is 2.67 bits per heavy atom. The summed E-state index contributed by atoms with van der Waals surface area (Å²) in [4.78, 5) is 5.43. The largest absolute Gasteiger partial charge is 0.398 e. The molecule has 0 saturated heterocycles. The van der Waals surface area contributed by atoms with Crippen LogP contribution in [0.3, 0.4) is 0 Å². The molecule has 0 saturated carbocycles. The first-order valence-corrected chi connectivity index (χ1v) is 8.96. The van der Waals surface area contributed by atoms with Crippen molar-refractivity contribution in [1.29, 1.82) is 0 Å². The van der Waals surface area contributed by atoms with Crippen LogP contribution in [0, 0.1) is 6.92 Å². The van der Waals surface area contributed by atoms with E-state index < -0.39 is 10.0 Å². The van der Waals surface area contributed by atoms with Crippen LogP contribution >= 0.6 is 11.3 Å². The molecule has 1 heterocycles. The van der Waals surface area contributed by atoms with Crippen molar-refractivity contribution in [2.75, 3.05) is 5.73 Å². The second-order valence-electron chi connectivity index (χ2n) is 4.87. The van der Waals surface area contributed by atoms with Gasteiger partial charge in [0.2, 0.25) is 10.0 Å². The molecule has 114 valence electrons. The Morgan fingerprint density at radius 2 is 2.14 bits per heavy atom. The Labute approximate surface area is 129 Å². The maximum absolute atomic E-state index is 12.4. The molecule has 1 aromatic carbocycles. The minimum Gasteiger partial charge on any atom is -0.398 e. The predicted molar refractivity (Wildman–Crippen MR) is 85.8 cm³/mol. The molecule has 3 N–H and O–H groups in total. The normalized spacial score (nSPS) is 13.3. The van der Waals surface area contributed by atoms with Gasteiger partial charge in [0.05, 0.1) is 10.9 Å². The molecule has 0 aliphatic heterocycles. The van der Waals surface area contributed by atoms with Gasteiger partial charge in [-0.15, -0.1) is 11.3 Å². The number of anilines is 1. The van der Waals surface area contributed by atoms with Crippen LogP contribution in [0.5, 0.6) is 0 Å². The number of hydrogen-bond acceptors (Lipinski definition) is 5. The molecule has 5 nitrogen and oxygen atoms in total. The van der Waals surface area contributed by atoms with Gasteiger partial charge in [-0.05, 0) is 38.0 Å². The Bertz CT molecular complexity index is 738. The van der Waals surface area contributed by atoms with Crippen LogP contribution in [0.2, 0.25) is 0 Å². The summed E-state index contributed by atoms with van der Waals surface area (Å²) in [6.07, 6.45) is 2.51. The molecule has 0 fully saturated rings. The lowest BCUT2D eigenvalue weighted by molar-refractivity contribution is 0.566. The SMILES string of the molecule is CCc1ccc(S(=O)(=O)NC(C)c2ncc(C)s2)cc1N. The van der Waals surface area contributed by atoms with Crippen LogP contribution < -0.4 is 10.5 Å². The lowest BCUT2D eigenvalue weighted by atomic mass is 10.1. The predicted octanol–water partition coefficient (Wildman–Crippen LogP) is 2.64. The van der Waals surface area contributed by atoms with E-state index in [1.54, 1.807) is 25.3 Å². The van der Waals surface area contributed by atoms with E-state index in [-0.39, 0.29) is 10.9 Å². The third-order valence-electron chi connectivity index (χ3n) is 3.15. The topological polar surface area (TPSA) is 85.1 Å². The van der Waals surface area contributed by atoms with Crippen molar-refractivity contribution in [2.24, 2.45) is 0 Å². The average molecular weight is 325 g/mol. The molecule has 1 aromatic heterocycles. The molecule has 2 aromatic rings. The highest BCUT2D eigenvalue weighted by Crippen LogP contribution is 2.23. The van der Waals surface area contributed by atoms with Crippen molar-refractivity contribution in [1.82, 2.24) is 9.71 Å². The Morgan fingerprint density at radius 1 is 1.43 bits per heavy atom. The number of rotatable bonds is 5. The summed E-state index contributed by atoms with van der Waals surface area (Å²) >= 11 is 1.48. The Balaban J connectivity index is 2.24. The number of thiazole rings is 1. The summed E-state index contributed by atoms with van der Waals surface area (Å²) < 4.78 is 27.4. The molecule has 0 amide bonds. The van der Waals surface area contributed by atoms with E-state index in [0.29, 0.717) is 5.69 Å². The molecule has 0 aliphatic rings. The van der Waals surface area contributed by atoms with Crippen molar-refractivity contribution in [3.63, 3.8) is 0 Å². The van der Waals surface area contributed by atoms with Gasteiger partial charge in [0.25, 0.3) is 0 Å². The van der Waals surface area contributed by atoms with E-state index in [1.165, 1.54) is 17.4 Å². The zero-order valence-corrected chi connectivity index (χ0v) is 13.9. The van der Waals surface area contributed by atoms with E-state index in [2.05, 4.69) is 9.71 Å². The maximum atomic E-state index is 12.4. The number of hydrogen-bond donors (Lipinski definition) is 2. The van der Waals surface area contributed by atoms with Crippen molar-refractivity contribution in [2.45, 2.75) is 38.1 Å². The minimum atomic E-state index is -3.61. The second-order valence-corrected chi connectivity index (χ2v) is 7.85. The second kappa shape index (κ2) is 6.13. The monoisotopic (exact) mass is 325 g/mol. The van der Waals surface area contributed by atoms with Gasteiger partial charge in [-0.2, -0.15) is 0 Å². The van der Waals surface area contributed by atoms with Crippen molar-refractivity contribution >= 4 is 27.0 Å². The maximum Gasteiger partial charge on any atom is 0.241 e. The summed E-state index contributed by atoms with van der Waals surface area (Å²) in [6.45, 7) is 5.69. The minimum absolute atomic E-state index is 0.178. The quantitative estimate of drug-likeness (QED) is 0.828. The number of aryl methyl sites for hydroxylation is 2. The van der Waals surface area contributed by atoms with Crippen LogP contribution in [0.25, 0.3) is 0 Å².